The second kappa shape index (κ2) is 5.65. The average molecular weight is 265 g/mol. The van der Waals surface area contributed by atoms with E-state index in [-0.39, 0.29) is 24.1 Å². The van der Waals surface area contributed by atoms with Gasteiger partial charge >= 0.3 is 0 Å². The van der Waals surface area contributed by atoms with E-state index in [0.29, 0.717) is 13.0 Å². The maximum absolute atomic E-state index is 11.0. The number of hydrogen-bond acceptors (Lipinski definition) is 5. The fraction of sp³-hybridized carbons (Fsp3) is 1.00. The SMILES string of the molecule is CC1(C)CN(CCCS(C)(=O)=O)CC(CO)O1. The Morgan fingerprint density at radius 3 is 2.65 bits per heavy atom. The molecule has 1 aliphatic rings. The molecular weight excluding hydrogens is 242 g/mol. The Labute approximate surface area is 104 Å². The van der Waals surface area contributed by atoms with Crippen LogP contribution in [0.2, 0.25) is 0 Å². The number of sulfone groups is 1. The zero-order valence-corrected chi connectivity index (χ0v) is 11.7. The van der Waals surface area contributed by atoms with Crippen LogP contribution in [0.25, 0.3) is 0 Å². The third-order valence-electron chi connectivity index (χ3n) is 2.75. The molecule has 0 bridgehead atoms. The quantitative estimate of drug-likeness (QED) is 0.751. The van der Waals surface area contributed by atoms with Gasteiger partial charge in [0.15, 0.2) is 0 Å². The van der Waals surface area contributed by atoms with E-state index >= 15 is 0 Å². The maximum Gasteiger partial charge on any atom is 0.147 e. The second-order valence-corrected chi connectivity index (χ2v) is 7.66. The van der Waals surface area contributed by atoms with Crippen molar-refractivity contribution >= 4 is 9.84 Å². The summed E-state index contributed by atoms with van der Waals surface area (Å²) in [4.78, 5) is 2.16. The third kappa shape index (κ3) is 5.81. The van der Waals surface area contributed by atoms with Crippen molar-refractivity contribution in [3.05, 3.63) is 0 Å². The number of ether oxygens (including phenoxy) is 1. The zero-order chi connectivity index (χ0) is 13.1. The number of aliphatic hydroxyl groups is 1. The molecule has 0 saturated carbocycles. The largest absolute Gasteiger partial charge is 0.394 e. The Kier molecular flexibility index (Phi) is 4.95. The molecule has 1 rings (SSSR count). The molecule has 102 valence electrons. The van der Waals surface area contributed by atoms with Crippen LogP contribution in [-0.2, 0) is 14.6 Å². The number of aliphatic hydroxyl groups excluding tert-OH is 1. The lowest BCUT2D eigenvalue weighted by Crippen LogP contribution is -2.54. The van der Waals surface area contributed by atoms with Crippen molar-refractivity contribution in [1.82, 2.24) is 4.90 Å². The summed E-state index contributed by atoms with van der Waals surface area (Å²) in [7, 11) is -2.88. The van der Waals surface area contributed by atoms with Gasteiger partial charge in [0, 0.05) is 19.3 Å². The minimum Gasteiger partial charge on any atom is -0.394 e. The highest BCUT2D eigenvalue weighted by atomic mass is 32.2. The molecule has 0 aliphatic carbocycles. The Morgan fingerprint density at radius 2 is 2.12 bits per heavy atom. The van der Waals surface area contributed by atoms with Crippen LogP contribution in [0.4, 0.5) is 0 Å². The van der Waals surface area contributed by atoms with Gasteiger partial charge in [-0.25, -0.2) is 8.42 Å². The van der Waals surface area contributed by atoms with E-state index in [1.54, 1.807) is 0 Å². The molecule has 6 heteroatoms. The van der Waals surface area contributed by atoms with Crippen molar-refractivity contribution in [2.75, 3.05) is 38.2 Å². The number of hydrogen-bond donors (Lipinski definition) is 1. The molecule has 0 aromatic carbocycles. The summed E-state index contributed by atoms with van der Waals surface area (Å²) in [5.74, 6) is 0.217. The van der Waals surface area contributed by atoms with Gasteiger partial charge in [0.2, 0.25) is 0 Å². The molecule has 1 heterocycles. The number of nitrogens with zero attached hydrogens (tertiary/aromatic N) is 1. The first-order valence-corrected chi connectivity index (χ1v) is 7.97. The van der Waals surface area contributed by atoms with Crippen LogP contribution in [-0.4, -0.2) is 68.4 Å². The fourth-order valence-corrected chi connectivity index (χ4v) is 2.89. The van der Waals surface area contributed by atoms with Gasteiger partial charge in [-0.15, -0.1) is 0 Å². The van der Waals surface area contributed by atoms with Crippen LogP contribution >= 0.6 is 0 Å². The normalized spacial score (nSPS) is 26.0. The topological polar surface area (TPSA) is 66.8 Å². The van der Waals surface area contributed by atoms with E-state index < -0.39 is 9.84 Å². The summed E-state index contributed by atoms with van der Waals surface area (Å²) < 4.78 is 27.8. The molecule has 1 N–H and O–H groups in total. The van der Waals surface area contributed by atoms with Gasteiger partial charge in [-0.3, -0.25) is 4.90 Å². The van der Waals surface area contributed by atoms with Crippen LogP contribution in [0.5, 0.6) is 0 Å². The lowest BCUT2D eigenvalue weighted by Gasteiger charge is -2.42. The third-order valence-corrected chi connectivity index (χ3v) is 3.78. The number of rotatable bonds is 5. The Bertz CT molecular complexity index is 339. The van der Waals surface area contributed by atoms with Gasteiger partial charge in [-0.2, -0.15) is 0 Å². The highest BCUT2D eigenvalue weighted by Crippen LogP contribution is 2.20. The molecule has 0 radical (unpaired) electrons. The first-order valence-electron chi connectivity index (χ1n) is 5.91. The van der Waals surface area contributed by atoms with Gasteiger partial charge in [0.05, 0.1) is 24.1 Å². The van der Waals surface area contributed by atoms with Crippen molar-refractivity contribution in [2.24, 2.45) is 0 Å². The highest BCUT2D eigenvalue weighted by Gasteiger charge is 2.32. The maximum atomic E-state index is 11.0. The molecular formula is C11H23NO4S. The van der Waals surface area contributed by atoms with E-state index in [4.69, 9.17) is 9.84 Å². The molecule has 0 aromatic rings. The van der Waals surface area contributed by atoms with Crippen molar-refractivity contribution < 1.29 is 18.3 Å². The average Bonchev–Trinajstić information content (AvgIpc) is 2.13. The van der Waals surface area contributed by atoms with Crippen molar-refractivity contribution in [3.63, 3.8) is 0 Å². The van der Waals surface area contributed by atoms with Crippen LogP contribution in [0.1, 0.15) is 20.3 Å². The Morgan fingerprint density at radius 1 is 1.47 bits per heavy atom. The van der Waals surface area contributed by atoms with Gasteiger partial charge in [-0.1, -0.05) is 0 Å². The predicted octanol–water partition coefficient (Wildman–Crippen LogP) is -0.107. The molecule has 0 amide bonds. The zero-order valence-electron chi connectivity index (χ0n) is 10.8. The van der Waals surface area contributed by atoms with Crippen LogP contribution in [0.3, 0.4) is 0 Å². The summed E-state index contributed by atoms with van der Waals surface area (Å²) in [5.41, 5.74) is -0.281. The monoisotopic (exact) mass is 265 g/mol. The van der Waals surface area contributed by atoms with Gasteiger partial charge in [-0.05, 0) is 26.8 Å². The van der Waals surface area contributed by atoms with Crippen LogP contribution in [0.15, 0.2) is 0 Å². The molecule has 17 heavy (non-hydrogen) atoms. The Balaban J connectivity index is 2.42. The smallest absolute Gasteiger partial charge is 0.147 e. The van der Waals surface area contributed by atoms with Gasteiger partial charge < -0.3 is 9.84 Å². The second-order valence-electron chi connectivity index (χ2n) is 5.40. The minimum atomic E-state index is -2.88. The summed E-state index contributed by atoms with van der Waals surface area (Å²) in [5, 5.41) is 9.15. The summed E-state index contributed by atoms with van der Waals surface area (Å²) in [6, 6.07) is 0. The first-order chi connectivity index (χ1) is 7.72. The molecule has 5 nitrogen and oxygen atoms in total. The van der Waals surface area contributed by atoms with Crippen molar-refractivity contribution in [3.8, 4) is 0 Å². The standard InChI is InChI=1S/C11H23NO4S/c1-11(2)9-12(7-10(8-13)16-11)5-4-6-17(3,14)15/h10,13H,4-9H2,1-3H3. The first kappa shape index (κ1) is 14.9. The summed E-state index contributed by atoms with van der Waals surface area (Å²) >= 11 is 0. The van der Waals surface area contributed by atoms with E-state index in [1.165, 1.54) is 6.26 Å². The molecule has 1 unspecified atom stereocenters. The summed E-state index contributed by atoms with van der Waals surface area (Å²) in [6.07, 6.45) is 1.72. The lowest BCUT2D eigenvalue weighted by atomic mass is 10.1. The van der Waals surface area contributed by atoms with Gasteiger partial charge in [0.1, 0.15) is 9.84 Å². The van der Waals surface area contributed by atoms with Crippen LogP contribution in [0, 0.1) is 0 Å². The minimum absolute atomic E-state index is 0.00596. The van der Waals surface area contributed by atoms with Gasteiger partial charge in [0.25, 0.3) is 0 Å². The van der Waals surface area contributed by atoms with E-state index in [1.807, 2.05) is 13.8 Å². The van der Waals surface area contributed by atoms with E-state index in [0.717, 1.165) is 13.1 Å². The fourth-order valence-electron chi connectivity index (χ4n) is 2.23. The lowest BCUT2D eigenvalue weighted by molar-refractivity contribution is -0.148. The summed E-state index contributed by atoms with van der Waals surface area (Å²) in [6.45, 7) is 6.15. The van der Waals surface area contributed by atoms with Crippen molar-refractivity contribution in [1.29, 1.82) is 0 Å². The molecule has 0 aromatic heterocycles. The highest BCUT2D eigenvalue weighted by molar-refractivity contribution is 7.90. The van der Waals surface area contributed by atoms with E-state index in [2.05, 4.69) is 4.90 Å². The Hall–Kier alpha value is -0.170. The molecule has 1 saturated heterocycles. The van der Waals surface area contributed by atoms with Crippen LogP contribution < -0.4 is 0 Å². The molecule has 1 fully saturated rings. The van der Waals surface area contributed by atoms with Crippen molar-refractivity contribution in [2.45, 2.75) is 32.0 Å². The molecule has 1 aliphatic heterocycles. The predicted molar refractivity (Wildman–Crippen MR) is 66.8 cm³/mol. The molecule has 1 atom stereocenters. The number of morpholine rings is 1. The van der Waals surface area contributed by atoms with E-state index in [9.17, 15) is 8.42 Å². The molecule has 0 spiro atoms.